The van der Waals surface area contributed by atoms with Crippen molar-refractivity contribution in [3.05, 3.63) is 141 Å². The van der Waals surface area contributed by atoms with E-state index in [1.54, 1.807) is 48.0 Å². The van der Waals surface area contributed by atoms with Gasteiger partial charge in [0.05, 0.1) is 22.5 Å². The molecule has 0 bridgehead atoms. The van der Waals surface area contributed by atoms with E-state index in [1.807, 2.05) is 24.3 Å². The third-order valence-electron chi connectivity index (χ3n) is 6.09. The standard InChI is InChI=1S/C29H24N4O2S/c34-33(35)26-15-13-24(14-16-26)28-21-36-29(31-25-12-7-18-30-20-25)32(28)19-17-27(22-8-3-1-4-9-22)23-10-5-2-6-11-23/h1-16,18,20-21,27H,17,19H2. The fourth-order valence-corrected chi connectivity index (χ4v) is 5.26. The molecule has 0 spiro atoms. The summed E-state index contributed by atoms with van der Waals surface area (Å²) in [7, 11) is 0. The summed E-state index contributed by atoms with van der Waals surface area (Å²) in [6, 6.07) is 31.6. The highest BCUT2D eigenvalue weighted by Crippen LogP contribution is 2.30. The van der Waals surface area contributed by atoms with Gasteiger partial charge in [0.25, 0.3) is 5.69 Å². The monoisotopic (exact) mass is 492 g/mol. The predicted molar refractivity (Wildman–Crippen MR) is 143 cm³/mol. The number of rotatable bonds is 8. The molecule has 0 aliphatic heterocycles. The molecule has 3 aromatic carbocycles. The van der Waals surface area contributed by atoms with Crippen LogP contribution >= 0.6 is 11.3 Å². The summed E-state index contributed by atoms with van der Waals surface area (Å²) in [6.45, 7) is 0.726. The number of hydrogen-bond acceptors (Lipinski definition) is 5. The van der Waals surface area contributed by atoms with Crippen molar-refractivity contribution < 1.29 is 4.92 Å². The summed E-state index contributed by atoms with van der Waals surface area (Å²) in [5, 5.41) is 13.2. The molecule has 0 radical (unpaired) electrons. The lowest BCUT2D eigenvalue weighted by atomic mass is 9.88. The second-order valence-electron chi connectivity index (χ2n) is 8.34. The molecule has 0 amide bonds. The zero-order valence-electron chi connectivity index (χ0n) is 19.5. The van der Waals surface area contributed by atoms with Gasteiger partial charge in [-0.3, -0.25) is 15.1 Å². The number of non-ortho nitro benzene ring substituents is 1. The van der Waals surface area contributed by atoms with Crippen molar-refractivity contribution in [3.63, 3.8) is 0 Å². The molecule has 0 atom stereocenters. The van der Waals surface area contributed by atoms with Crippen LogP contribution in [0.5, 0.6) is 0 Å². The third-order valence-corrected chi connectivity index (χ3v) is 6.95. The van der Waals surface area contributed by atoms with Crippen LogP contribution in [-0.2, 0) is 6.54 Å². The maximum absolute atomic E-state index is 11.2. The molecule has 0 saturated carbocycles. The van der Waals surface area contributed by atoms with E-state index in [-0.39, 0.29) is 16.5 Å². The van der Waals surface area contributed by atoms with Crippen LogP contribution in [0.3, 0.4) is 0 Å². The van der Waals surface area contributed by atoms with Crippen molar-refractivity contribution >= 4 is 22.7 Å². The lowest BCUT2D eigenvalue weighted by Crippen LogP contribution is -2.18. The molecule has 0 fully saturated rings. The predicted octanol–water partition coefficient (Wildman–Crippen LogP) is 6.97. The number of nitrogens with zero attached hydrogens (tertiary/aromatic N) is 4. The highest BCUT2D eigenvalue weighted by Gasteiger charge is 2.17. The summed E-state index contributed by atoms with van der Waals surface area (Å²) in [4.78, 5) is 20.7. The normalized spacial score (nSPS) is 11.6. The van der Waals surface area contributed by atoms with Crippen molar-refractivity contribution in [2.45, 2.75) is 18.9 Å². The van der Waals surface area contributed by atoms with Crippen LogP contribution in [0.25, 0.3) is 11.3 Å². The molecular weight excluding hydrogens is 468 g/mol. The van der Waals surface area contributed by atoms with Crippen LogP contribution in [0.1, 0.15) is 23.5 Å². The van der Waals surface area contributed by atoms with Crippen molar-refractivity contribution in [2.24, 2.45) is 4.99 Å². The summed E-state index contributed by atoms with van der Waals surface area (Å²) < 4.78 is 2.21. The first-order valence-electron chi connectivity index (χ1n) is 11.7. The Bertz CT molecular complexity index is 1460. The van der Waals surface area contributed by atoms with E-state index in [0.29, 0.717) is 0 Å². The Morgan fingerprint density at radius 1 is 0.889 bits per heavy atom. The van der Waals surface area contributed by atoms with Crippen molar-refractivity contribution in [2.75, 3.05) is 0 Å². The molecule has 0 aliphatic rings. The maximum atomic E-state index is 11.2. The van der Waals surface area contributed by atoms with Gasteiger partial charge >= 0.3 is 0 Å². The minimum atomic E-state index is -0.376. The summed E-state index contributed by atoms with van der Waals surface area (Å²) >= 11 is 1.55. The van der Waals surface area contributed by atoms with Crippen LogP contribution < -0.4 is 4.80 Å². The molecule has 0 aliphatic carbocycles. The van der Waals surface area contributed by atoms with Crippen LogP contribution in [0.15, 0.2) is 120 Å². The number of nitro benzene ring substituents is 1. The highest BCUT2D eigenvalue weighted by molar-refractivity contribution is 7.07. The molecule has 5 aromatic rings. The Hall–Kier alpha value is -4.36. The SMILES string of the molecule is O=[N+]([O-])c1ccc(-c2csc(=Nc3cccnc3)n2CCC(c2ccccc2)c2ccccc2)cc1. The number of aromatic nitrogens is 2. The van der Waals surface area contributed by atoms with Crippen LogP contribution in [0.4, 0.5) is 11.4 Å². The first-order valence-corrected chi connectivity index (χ1v) is 12.5. The Morgan fingerprint density at radius 2 is 1.56 bits per heavy atom. The number of pyridine rings is 1. The van der Waals surface area contributed by atoms with Gasteiger partial charge in [0.2, 0.25) is 0 Å². The van der Waals surface area contributed by atoms with Crippen molar-refractivity contribution in [1.82, 2.24) is 9.55 Å². The van der Waals surface area contributed by atoms with Crippen LogP contribution in [0.2, 0.25) is 0 Å². The van der Waals surface area contributed by atoms with Gasteiger partial charge < -0.3 is 4.57 Å². The highest BCUT2D eigenvalue weighted by atomic mass is 32.1. The Morgan fingerprint density at radius 3 is 2.14 bits per heavy atom. The summed E-state index contributed by atoms with van der Waals surface area (Å²) in [5.74, 6) is 0.218. The average Bonchev–Trinajstić information content (AvgIpc) is 3.33. The van der Waals surface area contributed by atoms with Gasteiger partial charge in [0, 0.05) is 36.2 Å². The Labute approximate surface area is 213 Å². The molecule has 0 unspecified atom stereocenters. The van der Waals surface area contributed by atoms with E-state index < -0.39 is 0 Å². The molecule has 178 valence electrons. The first-order chi connectivity index (χ1) is 17.7. The van der Waals surface area contributed by atoms with E-state index in [2.05, 4.69) is 63.5 Å². The molecule has 6 nitrogen and oxygen atoms in total. The number of benzene rings is 3. The van der Waals surface area contributed by atoms with E-state index in [0.717, 1.165) is 34.7 Å². The zero-order chi connectivity index (χ0) is 24.7. The van der Waals surface area contributed by atoms with E-state index >= 15 is 0 Å². The van der Waals surface area contributed by atoms with Crippen LogP contribution in [-0.4, -0.2) is 14.5 Å². The van der Waals surface area contributed by atoms with E-state index in [4.69, 9.17) is 4.99 Å². The molecule has 36 heavy (non-hydrogen) atoms. The smallest absolute Gasteiger partial charge is 0.269 e. The molecule has 2 aromatic heterocycles. The molecule has 2 heterocycles. The lowest BCUT2D eigenvalue weighted by Gasteiger charge is -2.19. The Kier molecular flexibility index (Phi) is 7.10. The largest absolute Gasteiger partial charge is 0.316 e. The average molecular weight is 493 g/mol. The quantitative estimate of drug-likeness (QED) is 0.173. The Balaban J connectivity index is 1.55. The molecule has 5 rings (SSSR count). The van der Waals surface area contributed by atoms with E-state index in [1.165, 1.54) is 11.1 Å². The van der Waals surface area contributed by atoms with Gasteiger partial charge in [-0.05, 0) is 47.4 Å². The molecule has 0 saturated heterocycles. The van der Waals surface area contributed by atoms with Gasteiger partial charge in [0.1, 0.15) is 0 Å². The minimum absolute atomic E-state index is 0.0778. The van der Waals surface area contributed by atoms with Gasteiger partial charge in [-0.15, -0.1) is 11.3 Å². The van der Waals surface area contributed by atoms with Crippen molar-refractivity contribution in [1.29, 1.82) is 0 Å². The number of thiazole rings is 1. The molecule has 7 heteroatoms. The third kappa shape index (κ3) is 5.31. The number of hydrogen-bond donors (Lipinski definition) is 0. The topological polar surface area (TPSA) is 73.3 Å². The second-order valence-corrected chi connectivity index (χ2v) is 9.18. The van der Waals surface area contributed by atoms with Gasteiger partial charge in [-0.25, -0.2) is 4.99 Å². The fraction of sp³-hybridized carbons (Fsp3) is 0.103. The summed E-state index contributed by atoms with van der Waals surface area (Å²) in [5.41, 5.74) is 5.29. The van der Waals surface area contributed by atoms with E-state index in [9.17, 15) is 10.1 Å². The summed E-state index contributed by atoms with van der Waals surface area (Å²) in [6.07, 6.45) is 4.34. The van der Waals surface area contributed by atoms with Crippen molar-refractivity contribution in [3.8, 4) is 11.3 Å². The van der Waals surface area contributed by atoms with Crippen LogP contribution in [0, 0.1) is 10.1 Å². The maximum Gasteiger partial charge on any atom is 0.269 e. The van der Waals surface area contributed by atoms with Gasteiger partial charge in [-0.1, -0.05) is 60.7 Å². The van der Waals surface area contributed by atoms with Gasteiger partial charge in [-0.2, -0.15) is 0 Å². The van der Waals surface area contributed by atoms with Gasteiger partial charge in [0.15, 0.2) is 4.80 Å². The zero-order valence-corrected chi connectivity index (χ0v) is 20.3. The first kappa shape index (κ1) is 23.4. The minimum Gasteiger partial charge on any atom is -0.316 e. The molecular formula is C29H24N4O2S. The molecule has 0 N–H and O–H groups in total. The second kappa shape index (κ2) is 10.9. The fourth-order valence-electron chi connectivity index (χ4n) is 4.30. The number of nitro groups is 1. The lowest BCUT2D eigenvalue weighted by molar-refractivity contribution is -0.384.